The predicted octanol–water partition coefficient (Wildman–Crippen LogP) is 2.87. The lowest BCUT2D eigenvalue weighted by Crippen LogP contribution is -2.21. The van der Waals surface area contributed by atoms with Gasteiger partial charge in [-0.15, -0.1) is 0 Å². The van der Waals surface area contributed by atoms with Crippen molar-refractivity contribution < 1.29 is 9.84 Å². The van der Waals surface area contributed by atoms with Crippen LogP contribution in [0.1, 0.15) is 30.1 Å². The first kappa shape index (κ1) is 10.6. The standard InChI is InChI=1S/C16H18O2/c17-14-8-12-2-1-3-15(16(12)14)18-9-13-7-10-4-5-11(13)6-10/h1-5,10-11,13-14,17H,6-9H2. The maximum atomic E-state index is 9.79. The zero-order valence-electron chi connectivity index (χ0n) is 10.4. The molecule has 2 heteroatoms. The van der Waals surface area contributed by atoms with Gasteiger partial charge in [0.1, 0.15) is 5.75 Å². The van der Waals surface area contributed by atoms with E-state index < -0.39 is 0 Å². The van der Waals surface area contributed by atoms with Gasteiger partial charge in [-0.1, -0.05) is 24.3 Å². The van der Waals surface area contributed by atoms with E-state index in [1.54, 1.807) is 0 Å². The van der Waals surface area contributed by atoms with Crippen molar-refractivity contribution in [2.75, 3.05) is 6.61 Å². The summed E-state index contributed by atoms with van der Waals surface area (Å²) in [5.41, 5.74) is 2.27. The average molecular weight is 242 g/mol. The van der Waals surface area contributed by atoms with Gasteiger partial charge in [0.25, 0.3) is 0 Å². The number of aliphatic hydroxyl groups is 1. The summed E-state index contributed by atoms with van der Waals surface area (Å²) < 4.78 is 5.98. The Labute approximate surface area is 107 Å². The number of benzene rings is 1. The highest BCUT2D eigenvalue weighted by Crippen LogP contribution is 2.44. The normalized spacial score (nSPS) is 35.4. The maximum Gasteiger partial charge on any atom is 0.125 e. The van der Waals surface area contributed by atoms with E-state index >= 15 is 0 Å². The number of fused-ring (bicyclic) bond motifs is 3. The molecule has 1 N–H and O–H groups in total. The van der Waals surface area contributed by atoms with Crippen LogP contribution in [-0.2, 0) is 6.42 Å². The van der Waals surface area contributed by atoms with Crippen LogP contribution in [0.4, 0.5) is 0 Å². The monoisotopic (exact) mass is 242 g/mol. The molecule has 0 saturated heterocycles. The molecule has 3 aliphatic rings. The van der Waals surface area contributed by atoms with Crippen LogP contribution >= 0.6 is 0 Å². The van der Waals surface area contributed by atoms with Gasteiger partial charge in [0.05, 0.1) is 12.7 Å². The van der Waals surface area contributed by atoms with Gasteiger partial charge in [0.2, 0.25) is 0 Å². The molecule has 4 rings (SSSR count). The van der Waals surface area contributed by atoms with Crippen molar-refractivity contribution in [1.82, 2.24) is 0 Å². The fourth-order valence-electron chi connectivity index (χ4n) is 3.73. The first-order valence-electron chi connectivity index (χ1n) is 6.92. The third-order valence-electron chi connectivity index (χ3n) is 4.77. The molecule has 1 aromatic rings. The van der Waals surface area contributed by atoms with Crippen molar-refractivity contribution in [2.24, 2.45) is 17.8 Å². The van der Waals surface area contributed by atoms with E-state index in [4.69, 9.17) is 4.74 Å². The molecule has 1 fully saturated rings. The molecule has 94 valence electrons. The molecule has 18 heavy (non-hydrogen) atoms. The molecule has 2 bridgehead atoms. The van der Waals surface area contributed by atoms with Crippen LogP contribution in [0.2, 0.25) is 0 Å². The van der Waals surface area contributed by atoms with Crippen molar-refractivity contribution in [3.63, 3.8) is 0 Å². The minimum atomic E-state index is -0.309. The van der Waals surface area contributed by atoms with Crippen molar-refractivity contribution in [1.29, 1.82) is 0 Å². The Morgan fingerprint density at radius 1 is 1.22 bits per heavy atom. The van der Waals surface area contributed by atoms with Gasteiger partial charge in [-0.25, -0.2) is 0 Å². The summed E-state index contributed by atoms with van der Waals surface area (Å²) in [5.74, 6) is 3.11. The van der Waals surface area contributed by atoms with Crippen molar-refractivity contribution >= 4 is 0 Å². The Kier molecular flexibility index (Phi) is 2.28. The first-order chi connectivity index (χ1) is 8.81. The highest BCUT2D eigenvalue weighted by molar-refractivity contribution is 5.48. The van der Waals surface area contributed by atoms with E-state index in [-0.39, 0.29) is 6.10 Å². The molecule has 0 amide bonds. The van der Waals surface area contributed by atoms with Crippen molar-refractivity contribution in [3.05, 3.63) is 41.5 Å². The van der Waals surface area contributed by atoms with E-state index in [2.05, 4.69) is 18.2 Å². The summed E-state index contributed by atoms with van der Waals surface area (Å²) >= 11 is 0. The summed E-state index contributed by atoms with van der Waals surface area (Å²) in [5, 5.41) is 9.79. The molecule has 1 aromatic carbocycles. The minimum absolute atomic E-state index is 0.309. The Balaban J connectivity index is 1.47. The average Bonchev–Trinajstić information content (AvgIpc) is 2.96. The van der Waals surface area contributed by atoms with Crippen molar-refractivity contribution in [2.45, 2.75) is 25.4 Å². The van der Waals surface area contributed by atoms with Crippen LogP contribution in [-0.4, -0.2) is 11.7 Å². The molecular formula is C16H18O2. The zero-order valence-corrected chi connectivity index (χ0v) is 10.4. The highest BCUT2D eigenvalue weighted by Gasteiger charge is 2.36. The lowest BCUT2D eigenvalue weighted by atomic mass is 9.85. The molecule has 0 heterocycles. The summed E-state index contributed by atoms with van der Waals surface area (Å²) in [7, 11) is 0. The third kappa shape index (κ3) is 1.52. The molecule has 0 aliphatic heterocycles. The molecule has 0 aromatic heterocycles. The van der Waals surface area contributed by atoms with Crippen molar-refractivity contribution in [3.8, 4) is 5.75 Å². The van der Waals surface area contributed by atoms with Gasteiger partial charge in [-0.3, -0.25) is 0 Å². The molecule has 3 aliphatic carbocycles. The molecular weight excluding hydrogens is 224 g/mol. The fraction of sp³-hybridized carbons (Fsp3) is 0.500. The summed E-state index contributed by atoms with van der Waals surface area (Å²) in [6.45, 7) is 0.800. The van der Waals surface area contributed by atoms with E-state index in [1.165, 1.54) is 18.4 Å². The topological polar surface area (TPSA) is 29.5 Å². The van der Waals surface area contributed by atoms with E-state index in [0.29, 0.717) is 5.92 Å². The summed E-state index contributed by atoms with van der Waals surface area (Å²) in [6, 6.07) is 6.10. The van der Waals surface area contributed by atoms with Gasteiger partial charge in [-0.2, -0.15) is 0 Å². The van der Waals surface area contributed by atoms with Gasteiger partial charge < -0.3 is 9.84 Å². The number of aliphatic hydroxyl groups excluding tert-OH is 1. The van der Waals surface area contributed by atoms with Crippen LogP contribution in [0.25, 0.3) is 0 Å². The molecule has 0 spiro atoms. The molecule has 1 saturated carbocycles. The van der Waals surface area contributed by atoms with Crippen LogP contribution in [0.5, 0.6) is 5.75 Å². The highest BCUT2D eigenvalue weighted by atomic mass is 16.5. The minimum Gasteiger partial charge on any atom is -0.493 e. The van der Waals surface area contributed by atoms with E-state index in [0.717, 1.165) is 36.2 Å². The second kappa shape index (κ2) is 3.86. The fourth-order valence-corrected chi connectivity index (χ4v) is 3.73. The third-order valence-corrected chi connectivity index (χ3v) is 4.77. The number of allylic oxidation sites excluding steroid dienone is 2. The maximum absolute atomic E-state index is 9.79. The van der Waals surface area contributed by atoms with Gasteiger partial charge in [0, 0.05) is 12.0 Å². The van der Waals surface area contributed by atoms with Gasteiger partial charge in [0.15, 0.2) is 0 Å². The van der Waals surface area contributed by atoms with E-state index in [1.807, 2.05) is 12.1 Å². The van der Waals surface area contributed by atoms with Crippen LogP contribution in [0, 0.1) is 17.8 Å². The Bertz CT molecular complexity index is 506. The molecule has 2 nitrogen and oxygen atoms in total. The quantitative estimate of drug-likeness (QED) is 0.826. The molecule has 4 atom stereocenters. The molecule has 0 radical (unpaired) electrons. The Hall–Kier alpha value is -1.28. The van der Waals surface area contributed by atoms with Gasteiger partial charge in [-0.05, 0) is 42.2 Å². The number of rotatable bonds is 3. The Morgan fingerprint density at radius 2 is 2.17 bits per heavy atom. The number of ether oxygens (including phenoxy) is 1. The van der Waals surface area contributed by atoms with Crippen LogP contribution in [0.15, 0.2) is 30.4 Å². The van der Waals surface area contributed by atoms with E-state index in [9.17, 15) is 5.11 Å². The van der Waals surface area contributed by atoms with Gasteiger partial charge >= 0.3 is 0 Å². The largest absolute Gasteiger partial charge is 0.493 e. The smallest absolute Gasteiger partial charge is 0.125 e. The Morgan fingerprint density at radius 3 is 2.89 bits per heavy atom. The second-order valence-corrected chi connectivity index (χ2v) is 5.90. The number of hydrogen-bond donors (Lipinski definition) is 1. The lowest BCUT2D eigenvalue weighted by Gasteiger charge is -2.29. The zero-order chi connectivity index (χ0) is 12.1. The lowest BCUT2D eigenvalue weighted by molar-refractivity contribution is 0.142. The van der Waals surface area contributed by atoms with Crippen LogP contribution < -0.4 is 4.74 Å². The van der Waals surface area contributed by atoms with Crippen LogP contribution in [0.3, 0.4) is 0 Å². The SMILES string of the molecule is OC1Cc2cccc(OCC3CC4C=CC3C4)c21. The predicted molar refractivity (Wildman–Crippen MR) is 69.4 cm³/mol. The summed E-state index contributed by atoms with van der Waals surface area (Å²) in [4.78, 5) is 0. The summed E-state index contributed by atoms with van der Waals surface area (Å²) in [6.07, 6.45) is 7.79. The first-order valence-corrected chi connectivity index (χ1v) is 6.92. The second-order valence-electron chi connectivity index (χ2n) is 5.90. The molecule has 4 unspecified atom stereocenters. The number of hydrogen-bond acceptors (Lipinski definition) is 2.